The monoisotopic (exact) mass is 632 g/mol. The van der Waals surface area contributed by atoms with Gasteiger partial charge in [0, 0.05) is 21.9 Å². The van der Waals surface area contributed by atoms with Crippen molar-refractivity contribution < 1.29 is 11.3 Å². The van der Waals surface area contributed by atoms with Crippen LogP contribution in [0.15, 0.2) is 180 Å². The zero-order valence-corrected chi connectivity index (χ0v) is 26.1. The fourth-order valence-corrected chi connectivity index (χ4v) is 6.16. The summed E-state index contributed by atoms with van der Waals surface area (Å²) in [5.41, 5.74) is 8.69. The molecule has 4 heteroatoms. The number of hydrogen-bond acceptors (Lipinski definition) is 4. The summed E-state index contributed by atoms with van der Waals surface area (Å²) in [5, 5.41) is 1.84. The molecule has 7 aromatic carbocycles. The zero-order valence-electron chi connectivity index (χ0n) is 31.1. The first-order valence-corrected chi connectivity index (χ1v) is 15.9. The van der Waals surface area contributed by atoms with Crippen LogP contribution in [0.1, 0.15) is 6.85 Å². The number of aromatic nitrogens is 3. The zero-order chi connectivity index (χ0) is 36.9. The van der Waals surface area contributed by atoms with E-state index in [0.717, 1.165) is 49.7 Å². The summed E-state index contributed by atoms with van der Waals surface area (Å²) < 4.78 is 47.3. The summed E-state index contributed by atoms with van der Waals surface area (Å²) >= 11 is 0. The minimum atomic E-state index is -0.407. The van der Waals surface area contributed by atoms with Gasteiger partial charge in [-0.2, -0.15) is 0 Å². The predicted molar refractivity (Wildman–Crippen MR) is 200 cm³/mol. The number of benzene rings is 7. The summed E-state index contributed by atoms with van der Waals surface area (Å²) in [6, 6.07) is 46.1. The van der Waals surface area contributed by atoms with E-state index in [1.54, 1.807) is 12.1 Å². The molecule has 49 heavy (non-hydrogen) atoms. The van der Waals surface area contributed by atoms with Gasteiger partial charge < -0.3 is 4.42 Å². The second-order valence-corrected chi connectivity index (χ2v) is 11.7. The van der Waals surface area contributed by atoms with E-state index >= 15 is 0 Å². The lowest BCUT2D eigenvalue weighted by Gasteiger charge is -2.09. The average molecular weight is 633 g/mol. The van der Waals surface area contributed by atoms with Crippen LogP contribution >= 0.6 is 0 Å². The molecule has 230 valence electrons. The van der Waals surface area contributed by atoms with Crippen molar-refractivity contribution in [2.45, 2.75) is 0 Å². The molecule has 0 aliphatic carbocycles. The van der Waals surface area contributed by atoms with Crippen LogP contribution in [-0.4, -0.2) is 15.0 Å². The Bertz CT molecular complexity index is 2830. The van der Waals surface area contributed by atoms with Gasteiger partial charge in [0.05, 0.1) is 12.4 Å². The highest BCUT2D eigenvalue weighted by atomic mass is 16.3. The largest absolute Gasteiger partial charge is 0.455 e. The predicted octanol–water partition coefficient (Wildman–Crippen LogP) is 11.8. The Labute approximate surface area is 291 Å². The molecule has 0 unspecified atom stereocenters. The molecule has 2 heterocycles. The van der Waals surface area contributed by atoms with Crippen molar-refractivity contribution in [2.75, 3.05) is 0 Å². The molecule has 0 aliphatic heterocycles. The van der Waals surface area contributed by atoms with Crippen molar-refractivity contribution >= 4 is 21.9 Å². The third-order valence-corrected chi connectivity index (χ3v) is 8.66. The van der Waals surface area contributed by atoms with Crippen molar-refractivity contribution in [2.24, 2.45) is 0 Å². The summed E-state index contributed by atoms with van der Waals surface area (Å²) in [5.74, 6) is 1.62. The lowest BCUT2D eigenvalue weighted by Crippen LogP contribution is -2.00. The lowest BCUT2D eigenvalue weighted by molar-refractivity contribution is 0.669. The van der Waals surface area contributed by atoms with Crippen molar-refractivity contribution in [3.05, 3.63) is 176 Å². The Hall–Kier alpha value is -6.65. The van der Waals surface area contributed by atoms with Gasteiger partial charge in [-0.15, -0.1) is 0 Å². The van der Waals surface area contributed by atoms with E-state index in [1.807, 2.05) is 103 Å². The van der Waals surface area contributed by atoms with Gasteiger partial charge in [0.2, 0.25) is 0 Å². The molecule has 0 atom stereocenters. The van der Waals surface area contributed by atoms with E-state index in [9.17, 15) is 0 Å². The number of rotatable bonds is 6. The SMILES string of the molecule is [2H]c1c([2H])c([2H])c(-c2ccc(-c3ccc4oc5c(-c6nc(-c7ccccc7)nc(-c7ccc(-c8ccccc8)cc7)n6)cccc5c4c3)cc2)c([2H])c1[2H]. The second kappa shape index (κ2) is 12.2. The highest BCUT2D eigenvalue weighted by Gasteiger charge is 2.18. The van der Waals surface area contributed by atoms with Gasteiger partial charge in [0.1, 0.15) is 11.2 Å². The van der Waals surface area contributed by atoms with E-state index < -0.39 is 6.04 Å². The number of nitrogens with zero attached hydrogens (tertiary/aromatic N) is 3. The highest BCUT2D eigenvalue weighted by molar-refractivity contribution is 6.10. The van der Waals surface area contributed by atoms with Crippen molar-refractivity contribution in [3.8, 4) is 67.5 Å². The fourth-order valence-electron chi connectivity index (χ4n) is 6.16. The van der Waals surface area contributed by atoms with Gasteiger partial charge in [-0.1, -0.05) is 158 Å². The van der Waals surface area contributed by atoms with Crippen LogP contribution in [0, 0.1) is 0 Å². The van der Waals surface area contributed by atoms with E-state index in [1.165, 1.54) is 0 Å². The first-order valence-electron chi connectivity index (χ1n) is 18.4. The molecule has 0 aliphatic rings. The van der Waals surface area contributed by atoms with Crippen LogP contribution in [0.4, 0.5) is 0 Å². The molecule has 9 aromatic rings. The maximum Gasteiger partial charge on any atom is 0.167 e. The summed E-state index contributed by atoms with van der Waals surface area (Å²) in [4.78, 5) is 14.9. The number of furan rings is 1. The molecule has 0 saturated heterocycles. The molecule has 0 bridgehead atoms. The average Bonchev–Trinajstić information content (AvgIpc) is 3.61. The molecular formula is C45H29N3O. The van der Waals surface area contributed by atoms with Crippen molar-refractivity contribution in [1.82, 2.24) is 15.0 Å². The molecule has 0 amide bonds. The summed E-state index contributed by atoms with van der Waals surface area (Å²) in [6.45, 7) is 0. The van der Waals surface area contributed by atoms with Gasteiger partial charge in [-0.05, 0) is 51.6 Å². The Kier molecular flexibility index (Phi) is 5.87. The normalized spacial score (nSPS) is 12.7. The number of hydrogen-bond donors (Lipinski definition) is 0. The Morgan fingerprint density at radius 1 is 0.388 bits per heavy atom. The third-order valence-electron chi connectivity index (χ3n) is 8.66. The second-order valence-electron chi connectivity index (χ2n) is 11.7. The summed E-state index contributed by atoms with van der Waals surface area (Å²) in [6.07, 6.45) is 0. The first kappa shape index (κ1) is 23.6. The molecular weight excluding hydrogens is 599 g/mol. The van der Waals surface area contributed by atoms with Gasteiger partial charge in [0.25, 0.3) is 0 Å². The van der Waals surface area contributed by atoms with Crippen LogP contribution in [0.5, 0.6) is 0 Å². The van der Waals surface area contributed by atoms with E-state index in [-0.39, 0.29) is 29.7 Å². The van der Waals surface area contributed by atoms with Crippen LogP contribution in [0.2, 0.25) is 0 Å². The molecule has 9 rings (SSSR count). The van der Waals surface area contributed by atoms with Gasteiger partial charge in [0.15, 0.2) is 17.5 Å². The number of fused-ring (bicyclic) bond motifs is 3. The smallest absolute Gasteiger partial charge is 0.167 e. The van der Waals surface area contributed by atoms with Crippen LogP contribution in [0.3, 0.4) is 0 Å². The molecule has 0 N–H and O–H groups in total. The number of para-hydroxylation sites is 1. The topological polar surface area (TPSA) is 51.8 Å². The van der Waals surface area contributed by atoms with E-state index in [0.29, 0.717) is 34.2 Å². The molecule has 0 radical (unpaired) electrons. The molecule has 0 spiro atoms. The van der Waals surface area contributed by atoms with Gasteiger partial charge in [-0.25, -0.2) is 15.0 Å². The Morgan fingerprint density at radius 2 is 0.898 bits per heavy atom. The minimum Gasteiger partial charge on any atom is -0.455 e. The van der Waals surface area contributed by atoms with Gasteiger partial charge in [-0.3, -0.25) is 0 Å². The molecule has 2 aromatic heterocycles. The Balaban J connectivity index is 1.12. The quantitative estimate of drug-likeness (QED) is 0.183. The molecule has 4 nitrogen and oxygen atoms in total. The first-order chi connectivity index (χ1) is 26.3. The highest BCUT2D eigenvalue weighted by Crippen LogP contribution is 2.38. The Morgan fingerprint density at radius 3 is 1.57 bits per heavy atom. The fraction of sp³-hybridized carbons (Fsp3) is 0. The van der Waals surface area contributed by atoms with Crippen LogP contribution < -0.4 is 0 Å². The maximum absolute atomic E-state index is 8.37. The molecule has 0 fully saturated rings. The lowest BCUT2D eigenvalue weighted by atomic mass is 9.99. The van der Waals surface area contributed by atoms with Crippen molar-refractivity contribution in [3.63, 3.8) is 0 Å². The van der Waals surface area contributed by atoms with Crippen LogP contribution in [0.25, 0.3) is 89.5 Å². The van der Waals surface area contributed by atoms with Crippen LogP contribution in [-0.2, 0) is 0 Å². The third kappa shape index (κ3) is 5.45. The maximum atomic E-state index is 8.37. The van der Waals surface area contributed by atoms with Crippen molar-refractivity contribution in [1.29, 1.82) is 0 Å². The van der Waals surface area contributed by atoms with E-state index in [4.69, 9.17) is 26.2 Å². The minimum absolute atomic E-state index is 0.178. The van der Waals surface area contributed by atoms with E-state index in [2.05, 4.69) is 30.3 Å². The summed E-state index contributed by atoms with van der Waals surface area (Å²) in [7, 11) is 0. The molecule has 0 saturated carbocycles. The van der Waals surface area contributed by atoms with Gasteiger partial charge >= 0.3 is 0 Å². The standard InChI is InChI=1S/C45H29N3O/c1-4-11-30(12-5-1)32-19-21-34(22-20-32)37-27-28-41-40(29-37)38-17-10-18-39(42(38)49-41)45-47-43(35-15-8-3-9-16-35)46-44(48-45)36-25-23-33(24-26-36)31-13-6-2-7-14-31/h1-29H/i1D,4D,5D,11D,12D.